The van der Waals surface area contributed by atoms with Gasteiger partial charge in [-0.1, -0.05) is 6.07 Å². The molecule has 21 heavy (non-hydrogen) atoms. The minimum Gasteiger partial charge on any atom is -0.486 e. The Hall–Kier alpha value is -2.19. The Morgan fingerprint density at radius 2 is 2.24 bits per heavy atom. The minimum absolute atomic E-state index is 0.0918. The van der Waals surface area contributed by atoms with Gasteiger partial charge < -0.3 is 15.2 Å². The Kier molecular flexibility index (Phi) is 3.26. The number of nitro groups is 1. The SMILES string of the molecule is O=[N+]([O-])c1cccc2c1NC(O)(c1cccnc1Br)CO2. The van der Waals surface area contributed by atoms with Crippen molar-refractivity contribution in [2.75, 3.05) is 11.9 Å². The van der Waals surface area contributed by atoms with E-state index in [0.29, 0.717) is 15.9 Å². The first-order valence-electron chi connectivity index (χ1n) is 6.03. The Balaban J connectivity index is 2.08. The third-order valence-corrected chi connectivity index (χ3v) is 3.81. The van der Waals surface area contributed by atoms with Crippen molar-refractivity contribution in [3.63, 3.8) is 0 Å². The molecule has 8 heteroatoms. The van der Waals surface area contributed by atoms with Gasteiger partial charge in [0.25, 0.3) is 5.69 Å². The maximum atomic E-state index is 11.1. The third kappa shape index (κ3) is 2.32. The van der Waals surface area contributed by atoms with Gasteiger partial charge in [0, 0.05) is 17.8 Å². The van der Waals surface area contributed by atoms with Crippen LogP contribution in [0.15, 0.2) is 41.1 Å². The van der Waals surface area contributed by atoms with Gasteiger partial charge in [0.05, 0.1) is 4.92 Å². The van der Waals surface area contributed by atoms with Gasteiger partial charge in [0.15, 0.2) is 11.4 Å². The molecule has 0 spiro atoms. The maximum absolute atomic E-state index is 11.1. The second-order valence-electron chi connectivity index (χ2n) is 4.52. The average molecular weight is 352 g/mol. The summed E-state index contributed by atoms with van der Waals surface area (Å²) in [6, 6.07) is 7.80. The number of hydrogen-bond acceptors (Lipinski definition) is 6. The van der Waals surface area contributed by atoms with Gasteiger partial charge >= 0.3 is 0 Å². The van der Waals surface area contributed by atoms with Crippen LogP contribution in [0.25, 0.3) is 0 Å². The van der Waals surface area contributed by atoms with Gasteiger partial charge in [-0.05, 0) is 34.1 Å². The maximum Gasteiger partial charge on any atom is 0.296 e. The Labute approximate surface area is 127 Å². The number of pyridine rings is 1. The third-order valence-electron chi connectivity index (χ3n) is 3.17. The summed E-state index contributed by atoms with van der Waals surface area (Å²) in [7, 11) is 0. The van der Waals surface area contributed by atoms with E-state index in [1.165, 1.54) is 12.1 Å². The molecular formula is C13H10BrN3O4. The summed E-state index contributed by atoms with van der Waals surface area (Å²) in [6.45, 7) is -0.0918. The zero-order valence-corrected chi connectivity index (χ0v) is 12.2. The van der Waals surface area contributed by atoms with Crippen molar-refractivity contribution in [3.05, 3.63) is 56.8 Å². The van der Waals surface area contributed by atoms with Crippen molar-refractivity contribution in [3.8, 4) is 5.75 Å². The normalized spacial score (nSPS) is 20.1. The van der Waals surface area contributed by atoms with Crippen molar-refractivity contribution in [2.45, 2.75) is 5.72 Å². The van der Waals surface area contributed by atoms with Gasteiger partial charge in [-0.3, -0.25) is 10.1 Å². The second kappa shape index (κ2) is 4.97. The summed E-state index contributed by atoms with van der Waals surface area (Å²) in [5.74, 6) is 0.328. The molecule has 1 aliphatic heterocycles. The van der Waals surface area contributed by atoms with Crippen molar-refractivity contribution in [2.24, 2.45) is 0 Å². The van der Waals surface area contributed by atoms with Crippen LogP contribution in [0.4, 0.5) is 11.4 Å². The number of ether oxygens (including phenoxy) is 1. The molecule has 0 fully saturated rings. The topological polar surface area (TPSA) is 97.5 Å². The smallest absolute Gasteiger partial charge is 0.296 e. The number of hydrogen-bond donors (Lipinski definition) is 2. The highest BCUT2D eigenvalue weighted by Crippen LogP contribution is 2.42. The van der Waals surface area contributed by atoms with E-state index >= 15 is 0 Å². The summed E-state index contributed by atoms with van der Waals surface area (Å²) in [5.41, 5.74) is -1.18. The first kappa shape index (κ1) is 13.8. The lowest BCUT2D eigenvalue weighted by molar-refractivity contribution is -0.384. The molecule has 0 saturated carbocycles. The van der Waals surface area contributed by atoms with E-state index < -0.39 is 10.6 Å². The Morgan fingerprint density at radius 3 is 2.95 bits per heavy atom. The first-order chi connectivity index (χ1) is 10.0. The number of para-hydroxylation sites is 1. The number of aliphatic hydroxyl groups is 1. The lowest BCUT2D eigenvalue weighted by Gasteiger charge is -2.35. The van der Waals surface area contributed by atoms with Crippen molar-refractivity contribution in [1.82, 2.24) is 4.98 Å². The van der Waals surface area contributed by atoms with E-state index in [9.17, 15) is 15.2 Å². The highest BCUT2D eigenvalue weighted by Gasteiger charge is 2.39. The number of nitrogens with one attached hydrogen (secondary N) is 1. The Morgan fingerprint density at radius 1 is 1.43 bits per heavy atom. The largest absolute Gasteiger partial charge is 0.486 e. The summed E-state index contributed by atoms with van der Waals surface area (Å²) in [4.78, 5) is 14.6. The van der Waals surface area contributed by atoms with Crippen molar-refractivity contribution < 1.29 is 14.8 Å². The van der Waals surface area contributed by atoms with Crippen molar-refractivity contribution >= 4 is 27.3 Å². The van der Waals surface area contributed by atoms with E-state index in [1.54, 1.807) is 24.4 Å². The molecule has 108 valence electrons. The van der Waals surface area contributed by atoms with Crippen LogP contribution in [0, 0.1) is 10.1 Å². The average Bonchev–Trinajstić information content (AvgIpc) is 2.46. The van der Waals surface area contributed by atoms with Gasteiger partial charge in [-0.2, -0.15) is 0 Å². The zero-order valence-electron chi connectivity index (χ0n) is 10.6. The van der Waals surface area contributed by atoms with E-state index in [2.05, 4.69) is 26.2 Å². The molecule has 2 N–H and O–H groups in total. The molecular weight excluding hydrogens is 342 g/mol. The van der Waals surface area contributed by atoms with E-state index in [0.717, 1.165) is 0 Å². The molecule has 0 bridgehead atoms. The lowest BCUT2D eigenvalue weighted by Crippen LogP contribution is -2.44. The van der Waals surface area contributed by atoms with Crippen LogP contribution in [0.2, 0.25) is 0 Å². The Bertz CT molecular complexity index is 724. The highest BCUT2D eigenvalue weighted by molar-refractivity contribution is 9.10. The molecule has 0 amide bonds. The number of halogens is 1. The standard InChI is InChI=1S/C13H10BrN3O4/c14-12-8(3-2-6-15-12)13(18)7-21-10-5-1-4-9(17(19)20)11(10)16-13/h1-6,16,18H,7H2. The summed E-state index contributed by atoms with van der Waals surface area (Å²) < 4.78 is 5.91. The molecule has 7 nitrogen and oxygen atoms in total. The predicted molar refractivity (Wildman–Crippen MR) is 78.0 cm³/mol. The predicted octanol–water partition coefficient (Wildman–Crippen LogP) is 2.40. The van der Waals surface area contributed by atoms with E-state index in [-0.39, 0.29) is 18.0 Å². The molecule has 1 aromatic heterocycles. The summed E-state index contributed by atoms with van der Waals surface area (Å²) in [6.07, 6.45) is 1.57. The molecule has 1 aromatic carbocycles. The van der Waals surface area contributed by atoms with Crippen LogP contribution in [0.3, 0.4) is 0 Å². The number of nitro benzene ring substituents is 1. The van der Waals surface area contributed by atoms with Crippen molar-refractivity contribution in [1.29, 1.82) is 0 Å². The molecule has 2 aromatic rings. The molecule has 3 rings (SSSR count). The molecule has 0 radical (unpaired) electrons. The summed E-state index contributed by atoms with van der Waals surface area (Å²) >= 11 is 3.25. The lowest BCUT2D eigenvalue weighted by atomic mass is 10.0. The first-order valence-corrected chi connectivity index (χ1v) is 6.82. The molecule has 1 aliphatic rings. The zero-order chi connectivity index (χ0) is 15.0. The molecule has 2 heterocycles. The fourth-order valence-electron chi connectivity index (χ4n) is 2.18. The molecule has 0 saturated heterocycles. The van der Waals surface area contributed by atoms with E-state index in [1.807, 2.05) is 0 Å². The summed E-state index contributed by atoms with van der Waals surface area (Å²) in [5, 5.41) is 24.6. The number of fused-ring (bicyclic) bond motifs is 1. The number of benzene rings is 1. The van der Waals surface area contributed by atoms with Gasteiger partial charge in [0.1, 0.15) is 17.0 Å². The quantitative estimate of drug-likeness (QED) is 0.489. The van der Waals surface area contributed by atoms with Gasteiger partial charge in [-0.15, -0.1) is 0 Å². The van der Waals surface area contributed by atoms with Crippen LogP contribution in [0.5, 0.6) is 5.75 Å². The van der Waals surface area contributed by atoms with Gasteiger partial charge in [-0.25, -0.2) is 4.98 Å². The fourth-order valence-corrected chi connectivity index (χ4v) is 2.76. The van der Waals surface area contributed by atoms with Crippen LogP contribution in [-0.4, -0.2) is 21.6 Å². The van der Waals surface area contributed by atoms with E-state index in [4.69, 9.17) is 4.74 Å². The second-order valence-corrected chi connectivity index (χ2v) is 5.27. The number of aromatic nitrogens is 1. The molecule has 1 atom stereocenters. The van der Waals surface area contributed by atoms with Gasteiger partial charge in [0.2, 0.25) is 0 Å². The van der Waals surface area contributed by atoms with Crippen LogP contribution >= 0.6 is 15.9 Å². The molecule has 0 aliphatic carbocycles. The van der Waals surface area contributed by atoms with Crippen LogP contribution < -0.4 is 10.1 Å². The number of nitrogens with zero attached hydrogens (tertiary/aromatic N) is 2. The minimum atomic E-state index is -1.60. The fraction of sp³-hybridized carbons (Fsp3) is 0.154. The molecule has 1 unspecified atom stereocenters. The highest BCUT2D eigenvalue weighted by atomic mass is 79.9. The number of anilines is 1. The monoisotopic (exact) mass is 351 g/mol. The van der Waals surface area contributed by atoms with Crippen LogP contribution in [-0.2, 0) is 5.72 Å². The number of rotatable bonds is 2. The van der Waals surface area contributed by atoms with Crippen LogP contribution in [0.1, 0.15) is 5.56 Å².